The predicted octanol–water partition coefficient (Wildman–Crippen LogP) is 3.70. The van der Waals surface area contributed by atoms with Gasteiger partial charge in [0, 0.05) is 23.6 Å². The van der Waals surface area contributed by atoms with E-state index in [9.17, 15) is 19.8 Å². The summed E-state index contributed by atoms with van der Waals surface area (Å²) >= 11 is 1.56. The van der Waals surface area contributed by atoms with Crippen LogP contribution in [0.2, 0.25) is 0 Å². The Morgan fingerprint density at radius 2 is 1.88 bits per heavy atom. The molecule has 3 heterocycles. The summed E-state index contributed by atoms with van der Waals surface area (Å²) in [6.07, 6.45) is 2.43. The molecule has 0 aliphatic carbocycles. The van der Waals surface area contributed by atoms with Gasteiger partial charge in [-0.3, -0.25) is 9.59 Å². The third kappa shape index (κ3) is 6.94. The molecule has 0 spiro atoms. The van der Waals surface area contributed by atoms with Crippen molar-refractivity contribution in [3.8, 4) is 0 Å². The number of hydrogen-bond donors (Lipinski definition) is 2. The first-order chi connectivity index (χ1) is 15.6. The van der Waals surface area contributed by atoms with E-state index in [1.54, 1.807) is 25.2 Å². The fourth-order valence-electron chi connectivity index (χ4n) is 4.58. The number of fused-ring (bicyclic) bond motifs is 1. The van der Waals surface area contributed by atoms with Crippen LogP contribution in [-0.4, -0.2) is 57.5 Å². The molecule has 0 saturated carbocycles. The summed E-state index contributed by atoms with van der Waals surface area (Å²) in [5, 5.41) is 24.1. The molecule has 1 aromatic rings. The largest absolute Gasteiger partial charge is 0.458 e. The number of carbonyl (C=O) groups excluding carboxylic acids is 2. The number of hydrogen-bond acceptors (Lipinski definition) is 8. The summed E-state index contributed by atoms with van der Waals surface area (Å²) < 4.78 is 11.6. The number of aryl methyl sites for hydroxylation is 1. The lowest BCUT2D eigenvalue weighted by atomic mass is 9.81. The Labute approximate surface area is 200 Å². The van der Waals surface area contributed by atoms with Gasteiger partial charge in [0.15, 0.2) is 0 Å². The molecular formula is C25H37NO6S. The second-order valence-electron chi connectivity index (χ2n) is 9.76. The molecular weight excluding hydrogens is 442 g/mol. The maximum absolute atomic E-state index is 12.8. The van der Waals surface area contributed by atoms with Crippen molar-refractivity contribution in [1.29, 1.82) is 0 Å². The van der Waals surface area contributed by atoms with Gasteiger partial charge in [0.25, 0.3) is 0 Å². The van der Waals surface area contributed by atoms with Crippen molar-refractivity contribution in [2.24, 2.45) is 17.8 Å². The van der Waals surface area contributed by atoms with Crippen molar-refractivity contribution < 1.29 is 29.3 Å². The fraction of sp³-hybridized carbons (Fsp3) is 0.720. The monoisotopic (exact) mass is 479 g/mol. The van der Waals surface area contributed by atoms with Gasteiger partial charge in [-0.2, -0.15) is 0 Å². The predicted molar refractivity (Wildman–Crippen MR) is 127 cm³/mol. The number of cyclic esters (lactones) is 1. The minimum Gasteiger partial charge on any atom is -0.458 e. The van der Waals surface area contributed by atoms with Crippen LogP contribution in [0.1, 0.15) is 70.5 Å². The van der Waals surface area contributed by atoms with Crippen molar-refractivity contribution in [3.63, 3.8) is 0 Å². The SMILES string of the molecule is C/C(=C\c1csc(C)n1)[C@@H]1C[C@@H]2O[C@@H]2CCC[C@H](C)[C@@H](O)[C@@H](C)C(=O)[C@H](C)[C@@H](O)CC(=O)O1. The van der Waals surface area contributed by atoms with Crippen LogP contribution in [-0.2, 0) is 19.1 Å². The van der Waals surface area contributed by atoms with E-state index in [0.717, 1.165) is 35.5 Å². The molecule has 8 atom stereocenters. The third-order valence-corrected chi connectivity index (χ3v) is 7.81. The quantitative estimate of drug-likeness (QED) is 0.492. The molecule has 0 bridgehead atoms. The van der Waals surface area contributed by atoms with Gasteiger partial charge in [-0.25, -0.2) is 4.98 Å². The summed E-state index contributed by atoms with van der Waals surface area (Å²) in [6.45, 7) is 9.10. The number of Topliss-reactive ketones (excluding diaryl/α,β-unsaturated/α-hetero) is 1. The van der Waals surface area contributed by atoms with Gasteiger partial charge >= 0.3 is 5.97 Å². The van der Waals surface area contributed by atoms with Crippen LogP contribution in [0.25, 0.3) is 6.08 Å². The molecule has 2 N–H and O–H groups in total. The van der Waals surface area contributed by atoms with Crippen LogP contribution in [0.15, 0.2) is 11.0 Å². The second kappa shape index (κ2) is 11.2. The molecule has 2 aliphatic heterocycles. The van der Waals surface area contributed by atoms with Crippen molar-refractivity contribution in [1.82, 2.24) is 4.98 Å². The summed E-state index contributed by atoms with van der Waals surface area (Å²) in [7, 11) is 0. The van der Waals surface area contributed by atoms with Crippen LogP contribution in [0.5, 0.6) is 0 Å². The van der Waals surface area contributed by atoms with Crippen molar-refractivity contribution in [2.45, 2.75) is 97.2 Å². The average Bonchev–Trinajstić information content (AvgIpc) is 3.38. The Hall–Kier alpha value is -1.61. The van der Waals surface area contributed by atoms with E-state index in [0.29, 0.717) is 6.42 Å². The highest BCUT2D eigenvalue weighted by Crippen LogP contribution is 2.35. The van der Waals surface area contributed by atoms with E-state index >= 15 is 0 Å². The molecule has 8 heteroatoms. The Kier molecular flexibility index (Phi) is 8.83. The van der Waals surface area contributed by atoms with Gasteiger partial charge in [0.1, 0.15) is 11.9 Å². The van der Waals surface area contributed by atoms with E-state index in [4.69, 9.17) is 9.47 Å². The third-order valence-electron chi connectivity index (χ3n) is 7.02. The Morgan fingerprint density at radius 3 is 2.55 bits per heavy atom. The van der Waals surface area contributed by atoms with Crippen molar-refractivity contribution >= 4 is 29.2 Å². The zero-order valence-electron chi connectivity index (χ0n) is 20.2. The summed E-state index contributed by atoms with van der Waals surface area (Å²) in [4.78, 5) is 30.0. The number of carbonyl (C=O) groups is 2. The maximum Gasteiger partial charge on any atom is 0.309 e. The molecule has 0 amide bonds. The maximum atomic E-state index is 12.8. The summed E-state index contributed by atoms with van der Waals surface area (Å²) in [5.41, 5.74) is 1.69. The zero-order chi connectivity index (χ0) is 24.3. The molecule has 7 nitrogen and oxygen atoms in total. The first kappa shape index (κ1) is 26.0. The number of aromatic nitrogens is 1. The lowest BCUT2D eigenvalue weighted by Gasteiger charge is -2.28. The molecule has 2 aliphatic rings. The van der Waals surface area contributed by atoms with E-state index in [-0.39, 0.29) is 30.3 Å². The Balaban J connectivity index is 1.77. The zero-order valence-corrected chi connectivity index (χ0v) is 21.0. The van der Waals surface area contributed by atoms with Gasteiger partial charge in [-0.05, 0) is 44.3 Å². The van der Waals surface area contributed by atoms with E-state index in [2.05, 4.69) is 4.98 Å². The van der Waals surface area contributed by atoms with Crippen LogP contribution in [0.4, 0.5) is 0 Å². The normalized spacial score (nSPS) is 37.4. The minimum atomic E-state index is -1.17. The number of epoxide rings is 1. The number of esters is 1. The summed E-state index contributed by atoms with van der Waals surface area (Å²) in [5.74, 6) is -2.22. The molecule has 33 heavy (non-hydrogen) atoms. The first-order valence-corrected chi connectivity index (χ1v) is 12.8. The summed E-state index contributed by atoms with van der Waals surface area (Å²) in [6, 6.07) is 0. The van der Waals surface area contributed by atoms with Crippen LogP contribution in [0.3, 0.4) is 0 Å². The Bertz CT molecular complexity index is 867. The van der Waals surface area contributed by atoms with Gasteiger partial charge in [-0.1, -0.05) is 27.2 Å². The number of aliphatic hydroxyl groups excluding tert-OH is 2. The van der Waals surface area contributed by atoms with Crippen LogP contribution >= 0.6 is 11.3 Å². The minimum absolute atomic E-state index is 0.0146. The number of ether oxygens (including phenoxy) is 2. The smallest absolute Gasteiger partial charge is 0.309 e. The molecule has 184 valence electrons. The molecule has 0 aromatic carbocycles. The van der Waals surface area contributed by atoms with Crippen LogP contribution < -0.4 is 0 Å². The van der Waals surface area contributed by atoms with Gasteiger partial charge < -0.3 is 19.7 Å². The van der Waals surface area contributed by atoms with Crippen LogP contribution in [0, 0.1) is 24.7 Å². The Morgan fingerprint density at radius 1 is 1.15 bits per heavy atom. The van der Waals surface area contributed by atoms with Gasteiger partial charge in [-0.15, -0.1) is 11.3 Å². The lowest BCUT2D eigenvalue weighted by molar-refractivity contribution is -0.151. The number of nitrogens with zero attached hydrogens (tertiary/aromatic N) is 1. The standard InChI is InChI=1S/C25H37NO6S/c1-13-7-6-8-20-22(31-20)11-21(14(2)9-18-12-33-17(5)26-18)32-23(28)10-19(27)15(3)25(30)16(4)24(13)29/h9,12-13,15-16,19-22,24,27,29H,6-8,10-11H2,1-5H3/b14-9+/t13-,15+,16+,19-,20+,21-,22-,24+/m0/s1. The topological polar surface area (TPSA) is 109 Å². The molecule has 0 unspecified atom stereocenters. The van der Waals surface area contributed by atoms with Crippen molar-refractivity contribution in [3.05, 3.63) is 21.7 Å². The van der Waals surface area contributed by atoms with E-state index in [1.165, 1.54) is 0 Å². The molecule has 2 saturated heterocycles. The molecule has 2 fully saturated rings. The van der Waals surface area contributed by atoms with Gasteiger partial charge in [0.05, 0.1) is 41.5 Å². The lowest BCUT2D eigenvalue weighted by Crippen LogP contribution is -2.39. The molecule has 0 radical (unpaired) electrons. The highest BCUT2D eigenvalue weighted by Gasteiger charge is 2.42. The number of aliphatic hydroxyl groups is 2. The number of thiazole rings is 1. The second-order valence-corrected chi connectivity index (χ2v) is 10.8. The van der Waals surface area contributed by atoms with Crippen molar-refractivity contribution in [2.75, 3.05) is 0 Å². The molecule has 3 rings (SSSR count). The number of ketones is 1. The fourth-order valence-corrected chi connectivity index (χ4v) is 5.15. The molecule has 1 aromatic heterocycles. The highest BCUT2D eigenvalue weighted by molar-refractivity contribution is 7.09. The van der Waals surface area contributed by atoms with Gasteiger partial charge in [0.2, 0.25) is 0 Å². The van der Waals surface area contributed by atoms with E-state index in [1.807, 2.05) is 32.2 Å². The van der Waals surface area contributed by atoms with E-state index < -0.39 is 36.1 Å². The first-order valence-electron chi connectivity index (χ1n) is 11.9. The highest BCUT2D eigenvalue weighted by atomic mass is 32.1. The number of rotatable bonds is 2. The average molecular weight is 480 g/mol.